The number of para-hydroxylation sites is 2. The van der Waals surface area contributed by atoms with Crippen LogP contribution in [0.4, 0.5) is 0 Å². The van der Waals surface area contributed by atoms with Crippen LogP contribution in [0.1, 0.15) is 0 Å². The van der Waals surface area contributed by atoms with Gasteiger partial charge in [0.1, 0.15) is 0 Å². The smallest absolute Gasteiger partial charge is 0.250 e. The highest BCUT2D eigenvalue weighted by Crippen LogP contribution is 2.60. The average molecular weight is 173 g/mol. The standard InChI is InChI=1S/C6H6O4P/c7-11(8)9-5-3-1-2-4-6(5)10-11/h1-4,7-8H/q+1. The minimum absolute atomic E-state index is 0.380. The molecule has 0 aliphatic carbocycles. The van der Waals surface area contributed by atoms with Gasteiger partial charge in [0.05, 0.1) is 0 Å². The molecule has 0 unspecified atom stereocenters. The van der Waals surface area contributed by atoms with E-state index in [2.05, 4.69) is 0 Å². The van der Waals surface area contributed by atoms with Crippen molar-refractivity contribution in [3.8, 4) is 11.5 Å². The summed E-state index contributed by atoms with van der Waals surface area (Å²) in [5.41, 5.74) is 0. The molecule has 2 rings (SSSR count). The Kier molecular flexibility index (Phi) is 1.29. The summed E-state index contributed by atoms with van der Waals surface area (Å²) in [6.07, 6.45) is 0. The van der Waals surface area contributed by atoms with Crippen molar-refractivity contribution in [2.45, 2.75) is 0 Å². The first-order valence-electron chi connectivity index (χ1n) is 3.00. The van der Waals surface area contributed by atoms with Crippen LogP contribution in [-0.4, -0.2) is 9.79 Å². The maximum Gasteiger partial charge on any atom is 0.664 e. The lowest BCUT2D eigenvalue weighted by Gasteiger charge is -1.95. The normalized spacial score (nSPS) is 18.4. The van der Waals surface area contributed by atoms with Crippen LogP contribution < -0.4 is 9.05 Å². The second-order valence-corrected chi connectivity index (χ2v) is 3.47. The molecule has 1 aromatic carbocycles. The summed E-state index contributed by atoms with van der Waals surface area (Å²) < 4.78 is 9.39. The minimum atomic E-state index is -3.58. The Bertz CT molecular complexity index is 259. The lowest BCUT2D eigenvalue weighted by Crippen LogP contribution is -1.97. The number of hydrogen-bond donors (Lipinski definition) is 2. The molecule has 4 nitrogen and oxygen atoms in total. The van der Waals surface area contributed by atoms with Gasteiger partial charge in [0.15, 0.2) is 0 Å². The molecule has 0 atom stereocenters. The van der Waals surface area contributed by atoms with E-state index in [9.17, 15) is 0 Å². The van der Waals surface area contributed by atoms with E-state index >= 15 is 0 Å². The lowest BCUT2D eigenvalue weighted by atomic mass is 10.3. The molecule has 0 amide bonds. The molecule has 1 heterocycles. The fraction of sp³-hybridized carbons (Fsp3) is 0. The molecule has 0 saturated carbocycles. The van der Waals surface area contributed by atoms with Gasteiger partial charge in [-0.25, -0.2) is 0 Å². The Morgan fingerprint density at radius 3 is 1.91 bits per heavy atom. The zero-order valence-electron chi connectivity index (χ0n) is 5.47. The lowest BCUT2D eigenvalue weighted by molar-refractivity contribution is 0.277. The molecule has 0 spiro atoms. The van der Waals surface area contributed by atoms with Crippen LogP contribution in [0.3, 0.4) is 0 Å². The van der Waals surface area contributed by atoms with Crippen molar-refractivity contribution in [3.63, 3.8) is 0 Å². The Morgan fingerprint density at radius 1 is 1.00 bits per heavy atom. The van der Waals surface area contributed by atoms with E-state index in [-0.39, 0.29) is 0 Å². The Morgan fingerprint density at radius 2 is 1.45 bits per heavy atom. The molecule has 5 heteroatoms. The first-order valence-corrected chi connectivity index (χ1v) is 4.53. The molecule has 0 aromatic heterocycles. The summed E-state index contributed by atoms with van der Waals surface area (Å²) >= 11 is 0. The molecule has 0 saturated heterocycles. The van der Waals surface area contributed by atoms with Crippen LogP contribution in [0.25, 0.3) is 0 Å². The van der Waals surface area contributed by atoms with Crippen LogP contribution in [0, 0.1) is 0 Å². The first kappa shape index (κ1) is 6.85. The van der Waals surface area contributed by atoms with Crippen LogP contribution in [0.5, 0.6) is 11.5 Å². The third-order valence-electron chi connectivity index (χ3n) is 1.28. The summed E-state index contributed by atoms with van der Waals surface area (Å²) in [7, 11) is -3.58. The van der Waals surface area contributed by atoms with E-state index in [1.54, 1.807) is 24.3 Å². The molecule has 0 radical (unpaired) electrons. The van der Waals surface area contributed by atoms with Crippen molar-refractivity contribution in [1.82, 2.24) is 0 Å². The van der Waals surface area contributed by atoms with E-state index in [0.717, 1.165) is 0 Å². The maximum absolute atomic E-state index is 8.94. The average Bonchev–Trinajstić information content (AvgIpc) is 2.21. The first-order chi connectivity index (χ1) is 5.17. The van der Waals surface area contributed by atoms with Gasteiger partial charge in [-0.2, -0.15) is 9.79 Å². The number of hydrogen-bond acceptors (Lipinski definition) is 4. The van der Waals surface area contributed by atoms with Gasteiger partial charge >= 0.3 is 8.17 Å². The van der Waals surface area contributed by atoms with Gasteiger partial charge in [-0.1, -0.05) is 12.1 Å². The monoisotopic (exact) mass is 173 g/mol. The SMILES string of the molecule is O[P+]1(O)Oc2ccccc2O1. The molecular weight excluding hydrogens is 167 g/mol. The van der Waals surface area contributed by atoms with E-state index in [1.165, 1.54) is 0 Å². The Hall–Kier alpha value is -0.830. The van der Waals surface area contributed by atoms with E-state index in [1.807, 2.05) is 0 Å². The van der Waals surface area contributed by atoms with E-state index in [4.69, 9.17) is 18.8 Å². The van der Waals surface area contributed by atoms with Crippen LogP contribution in [0.15, 0.2) is 24.3 Å². The highest BCUT2D eigenvalue weighted by Gasteiger charge is 2.50. The van der Waals surface area contributed by atoms with Crippen LogP contribution in [-0.2, 0) is 0 Å². The van der Waals surface area contributed by atoms with E-state index < -0.39 is 8.17 Å². The van der Waals surface area contributed by atoms with Gasteiger partial charge in [0.25, 0.3) is 0 Å². The number of benzene rings is 1. The zero-order chi connectivity index (χ0) is 7.90. The second kappa shape index (κ2) is 2.08. The van der Waals surface area contributed by atoms with Crippen molar-refractivity contribution in [1.29, 1.82) is 0 Å². The van der Waals surface area contributed by atoms with Gasteiger partial charge in [0.2, 0.25) is 11.5 Å². The molecular formula is C6H6O4P+. The zero-order valence-corrected chi connectivity index (χ0v) is 6.36. The van der Waals surface area contributed by atoms with Crippen LogP contribution >= 0.6 is 8.17 Å². The quantitative estimate of drug-likeness (QED) is 0.577. The predicted octanol–water partition coefficient (Wildman–Crippen LogP) is 1.12. The molecule has 1 aliphatic heterocycles. The second-order valence-electron chi connectivity index (χ2n) is 2.12. The van der Waals surface area contributed by atoms with Gasteiger partial charge in [-0.05, 0) is 12.1 Å². The summed E-state index contributed by atoms with van der Waals surface area (Å²) in [6.45, 7) is 0. The number of rotatable bonds is 0. The number of fused-ring (bicyclic) bond motifs is 1. The van der Waals surface area contributed by atoms with E-state index in [0.29, 0.717) is 11.5 Å². The largest absolute Gasteiger partial charge is 0.664 e. The van der Waals surface area contributed by atoms with Crippen molar-refractivity contribution in [2.24, 2.45) is 0 Å². The third-order valence-corrected chi connectivity index (χ3v) is 2.15. The summed E-state index contributed by atoms with van der Waals surface area (Å²) in [6, 6.07) is 6.69. The molecule has 1 aromatic rings. The minimum Gasteiger partial charge on any atom is -0.250 e. The summed E-state index contributed by atoms with van der Waals surface area (Å²) in [5.74, 6) is 0.761. The Balaban J connectivity index is 2.41. The van der Waals surface area contributed by atoms with Crippen molar-refractivity contribution in [3.05, 3.63) is 24.3 Å². The summed E-state index contributed by atoms with van der Waals surface area (Å²) in [4.78, 5) is 17.9. The molecule has 11 heavy (non-hydrogen) atoms. The van der Waals surface area contributed by atoms with Crippen molar-refractivity contribution < 1.29 is 18.8 Å². The Labute approximate surface area is 63.7 Å². The molecule has 0 bridgehead atoms. The van der Waals surface area contributed by atoms with Crippen LogP contribution in [0.2, 0.25) is 0 Å². The molecule has 58 valence electrons. The van der Waals surface area contributed by atoms with Gasteiger partial charge in [-0.3, -0.25) is 9.05 Å². The van der Waals surface area contributed by atoms with Gasteiger partial charge < -0.3 is 0 Å². The van der Waals surface area contributed by atoms with Crippen molar-refractivity contribution in [2.75, 3.05) is 0 Å². The maximum atomic E-state index is 8.94. The third kappa shape index (κ3) is 1.16. The summed E-state index contributed by atoms with van der Waals surface area (Å²) in [5, 5.41) is 0. The fourth-order valence-corrected chi connectivity index (χ4v) is 1.73. The van der Waals surface area contributed by atoms with Gasteiger partial charge in [0, 0.05) is 0 Å². The highest BCUT2D eigenvalue weighted by molar-refractivity contribution is 7.55. The molecule has 0 fully saturated rings. The molecule has 2 N–H and O–H groups in total. The topological polar surface area (TPSA) is 58.9 Å². The highest BCUT2D eigenvalue weighted by atomic mass is 31.2. The molecule has 1 aliphatic rings. The van der Waals surface area contributed by atoms with Crippen molar-refractivity contribution >= 4 is 8.17 Å². The fourth-order valence-electron chi connectivity index (χ4n) is 0.876. The van der Waals surface area contributed by atoms with Gasteiger partial charge in [-0.15, -0.1) is 0 Å². The predicted molar refractivity (Wildman–Crippen MR) is 39.1 cm³/mol.